The third-order valence-electron chi connectivity index (χ3n) is 5.46. The first-order valence-electron chi connectivity index (χ1n) is 9.34. The van der Waals surface area contributed by atoms with Crippen molar-refractivity contribution in [2.75, 3.05) is 0 Å². The van der Waals surface area contributed by atoms with Crippen LogP contribution < -0.4 is 0 Å². The Bertz CT molecular complexity index is 944. The third-order valence-corrected chi connectivity index (χ3v) is 6.56. The van der Waals surface area contributed by atoms with E-state index in [0.717, 1.165) is 39.3 Å². The first kappa shape index (κ1) is 17.3. The molecule has 4 nitrogen and oxygen atoms in total. The molecule has 1 aromatic carbocycles. The Balaban J connectivity index is 1.75. The van der Waals surface area contributed by atoms with Gasteiger partial charge in [-0.2, -0.15) is 5.10 Å². The van der Waals surface area contributed by atoms with E-state index >= 15 is 0 Å². The van der Waals surface area contributed by atoms with Crippen LogP contribution in [-0.4, -0.2) is 32.7 Å². The van der Waals surface area contributed by atoms with E-state index in [-0.39, 0.29) is 5.91 Å². The minimum Gasteiger partial charge on any atom is -0.333 e. The van der Waals surface area contributed by atoms with Crippen LogP contribution in [0, 0.1) is 13.8 Å². The van der Waals surface area contributed by atoms with Gasteiger partial charge in [0.25, 0.3) is 5.91 Å². The minimum absolute atomic E-state index is 0.167. The zero-order chi connectivity index (χ0) is 18.4. The molecule has 0 N–H and O–H groups in total. The van der Waals surface area contributed by atoms with E-state index in [1.165, 1.54) is 12.0 Å². The van der Waals surface area contributed by atoms with Gasteiger partial charge in [-0.1, -0.05) is 17.7 Å². The number of carbonyl (C=O) groups is 1. The predicted octanol–water partition coefficient (Wildman–Crippen LogP) is 5.11. The van der Waals surface area contributed by atoms with Crippen LogP contribution >= 0.6 is 11.3 Å². The first-order valence-corrected chi connectivity index (χ1v) is 10.2. The van der Waals surface area contributed by atoms with E-state index in [2.05, 4.69) is 49.9 Å². The second kappa shape index (κ2) is 6.54. The lowest BCUT2D eigenvalue weighted by Crippen LogP contribution is -2.47. The number of carbonyl (C=O) groups excluding carboxylic acids is 1. The molecule has 1 saturated heterocycles. The summed E-state index contributed by atoms with van der Waals surface area (Å²) in [7, 11) is 0. The highest BCUT2D eigenvalue weighted by Gasteiger charge is 2.31. The van der Waals surface area contributed by atoms with E-state index in [4.69, 9.17) is 5.10 Å². The Labute approximate surface area is 158 Å². The molecule has 0 unspecified atom stereocenters. The number of amides is 1. The highest BCUT2D eigenvalue weighted by Crippen LogP contribution is 2.33. The summed E-state index contributed by atoms with van der Waals surface area (Å²) in [5, 5.41) is 5.77. The van der Waals surface area contributed by atoms with Crippen LogP contribution in [0.1, 0.15) is 54.0 Å². The molecule has 3 aromatic rings. The van der Waals surface area contributed by atoms with Crippen molar-refractivity contribution in [3.8, 4) is 5.69 Å². The lowest BCUT2D eigenvalue weighted by Gasteiger charge is -2.38. The minimum atomic E-state index is 0.167. The average molecular weight is 368 g/mol. The molecule has 0 bridgehead atoms. The fraction of sp³-hybridized carbons (Fsp3) is 0.429. The highest BCUT2D eigenvalue weighted by molar-refractivity contribution is 7.20. The van der Waals surface area contributed by atoms with Crippen LogP contribution in [0.2, 0.25) is 0 Å². The molecule has 136 valence electrons. The van der Waals surface area contributed by atoms with Crippen LogP contribution in [0.5, 0.6) is 0 Å². The fourth-order valence-corrected chi connectivity index (χ4v) is 5.09. The third kappa shape index (κ3) is 2.84. The molecule has 0 saturated carbocycles. The molecule has 1 fully saturated rings. The van der Waals surface area contributed by atoms with E-state index < -0.39 is 0 Å². The van der Waals surface area contributed by atoms with Gasteiger partial charge in [0.2, 0.25) is 0 Å². The van der Waals surface area contributed by atoms with E-state index in [1.807, 2.05) is 17.7 Å². The van der Waals surface area contributed by atoms with Crippen LogP contribution in [0.3, 0.4) is 0 Å². The van der Waals surface area contributed by atoms with Crippen LogP contribution in [0.15, 0.2) is 30.3 Å². The normalized spacial score (nSPS) is 20.7. The number of rotatable bonds is 2. The predicted molar refractivity (Wildman–Crippen MR) is 107 cm³/mol. The zero-order valence-electron chi connectivity index (χ0n) is 15.8. The number of fused-ring (bicyclic) bond motifs is 1. The van der Waals surface area contributed by atoms with Gasteiger partial charge in [-0.05, 0) is 65.2 Å². The van der Waals surface area contributed by atoms with E-state index in [9.17, 15) is 4.79 Å². The maximum Gasteiger partial charge on any atom is 0.264 e. The summed E-state index contributed by atoms with van der Waals surface area (Å²) in [5.41, 5.74) is 3.23. The summed E-state index contributed by atoms with van der Waals surface area (Å²) >= 11 is 1.56. The molecule has 2 atom stereocenters. The van der Waals surface area contributed by atoms with Crippen molar-refractivity contribution in [2.45, 2.75) is 59.0 Å². The SMILES string of the molecule is Cc1ccc(-n2nc(C)c3cc(C(=O)N4[C@@H](C)CCC[C@@H]4C)sc32)cc1. The van der Waals surface area contributed by atoms with E-state index in [0.29, 0.717) is 12.1 Å². The molecular formula is C21H25N3OS. The Hall–Kier alpha value is -2.14. The Morgan fingerprint density at radius 3 is 2.42 bits per heavy atom. The van der Waals surface area contributed by atoms with Crippen molar-refractivity contribution >= 4 is 27.5 Å². The Kier molecular flexibility index (Phi) is 4.35. The number of piperidine rings is 1. The number of hydrogen-bond acceptors (Lipinski definition) is 3. The lowest BCUT2D eigenvalue weighted by molar-refractivity contribution is 0.0516. The van der Waals surface area contributed by atoms with Crippen molar-refractivity contribution in [3.05, 3.63) is 46.5 Å². The number of aromatic nitrogens is 2. The van der Waals surface area contributed by atoms with Gasteiger partial charge in [-0.15, -0.1) is 11.3 Å². The molecule has 0 aliphatic carbocycles. The summed E-state index contributed by atoms with van der Waals surface area (Å²) in [6.07, 6.45) is 3.40. The van der Waals surface area contributed by atoms with Crippen LogP contribution in [-0.2, 0) is 0 Å². The number of thiophene rings is 1. The maximum absolute atomic E-state index is 13.2. The molecule has 3 heterocycles. The molecule has 1 aliphatic rings. The van der Waals surface area contributed by atoms with Gasteiger partial charge in [-0.25, -0.2) is 4.68 Å². The highest BCUT2D eigenvalue weighted by atomic mass is 32.1. The molecule has 0 radical (unpaired) electrons. The van der Waals surface area contributed by atoms with E-state index in [1.54, 1.807) is 11.3 Å². The monoisotopic (exact) mass is 367 g/mol. The van der Waals surface area contributed by atoms with Crippen molar-refractivity contribution in [2.24, 2.45) is 0 Å². The number of hydrogen-bond donors (Lipinski definition) is 0. The average Bonchev–Trinajstić information content (AvgIpc) is 3.16. The first-order chi connectivity index (χ1) is 12.5. The number of aryl methyl sites for hydroxylation is 2. The summed E-state index contributed by atoms with van der Waals surface area (Å²) in [6, 6.07) is 11.0. The van der Waals surface area contributed by atoms with Gasteiger partial charge in [0.05, 0.1) is 16.3 Å². The standard InChI is InChI=1S/C21H25N3OS/c1-13-8-10-17(11-9-13)24-21-18(16(4)22-24)12-19(26-21)20(25)23-14(2)6-5-7-15(23)3/h8-12,14-15H,5-7H2,1-4H3/t14-,15-/m0/s1. The van der Waals surface area contributed by atoms with Crippen LogP contribution in [0.4, 0.5) is 0 Å². The van der Waals surface area contributed by atoms with Gasteiger partial charge in [0.15, 0.2) is 0 Å². The maximum atomic E-state index is 13.2. The molecule has 0 spiro atoms. The van der Waals surface area contributed by atoms with Crippen LogP contribution in [0.25, 0.3) is 15.9 Å². The number of nitrogens with zero attached hydrogens (tertiary/aromatic N) is 3. The quantitative estimate of drug-likeness (QED) is 0.631. The summed E-state index contributed by atoms with van der Waals surface area (Å²) < 4.78 is 1.97. The second-order valence-electron chi connectivity index (χ2n) is 7.50. The topological polar surface area (TPSA) is 38.1 Å². The summed E-state index contributed by atoms with van der Waals surface area (Å²) in [5.74, 6) is 0.167. The summed E-state index contributed by atoms with van der Waals surface area (Å²) in [6.45, 7) is 8.43. The molecular weight excluding hydrogens is 342 g/mol. The summed E-state index contributed by atoms with van der Waals surface area (Å²) in [4.78, 5) is 17.1. The van der Waals surface area contributed by atoms with Gasteiger partial charge < -0.3 is 4.90 Å². The Morgan fingerprint density at radius 2 is 1.77 bits per heavy atom. The van der Waals surface area contributed by atoms with Crippen molar-refractivity contribution in [1.82, 2.24) is 14.7 Å². The number of likely N-dealkylation sites (tertiary alicyclic amines) is 1. The molecule has 4 rings (SSSR count). The molecule has 1 amide bonds. The second-order valence-corrected chi connectivity index (χ2v) is 8.53. The smallest absolute Gasteiger partial charge is 0.264 e. The van der Waals surface area contributed by atoms with Crippen molar-refractivity contribution in [3.63, 3.8) is 0 Å². The zero-order valence-corrected chi connectivity index (χ0v) is 16.6. The largest absolute Gasteiger partial charge is 0.333 e. The molecule has 2 aromatic heterocycles. The van der Waals surface area contributed by atoms with Gasteiger partial charge in [0.1, 0.15) is 4.83 Å². The molecule has 5 heteroatoms. The van der Waals surface area contributed by atoms with Crippen molar-refractivity contribution in [1.29, 1.82) is 0 Å². The van der Waals surface area contributed by atoms with Crippen molar-refractivity contribution < 1.29 is 4.79 Å². The number of benzene rings is 1. The molecule has 26 heavy (non-hydrogen) atoms. The fourth-order valence-electron chi connectivity index (χ4n) is 3.96. The molecule has 1 aliphatic heterocycles. The van der Waals surface area contributed by atoms with Gasteiger partial charge in [0, 0.05) is 17.5 Å². The van der Waals surface area contributed by atoms with Gasteiger partial charge in [-0.3, -0.25) is 4.79 Å². The van der Waals surface area contributed by atoms with Gasteiger partial charge >= 0.3 is 0 Å². The Morgan fingerprint density at radius 1 is 1.12 bits per heavy atom. The lowest BCUT2D eigenvalue weighted by atomic mass is 9.97.